The number of thiazole rings is 1. The molecule has 9 nitrogen and oxygen atoms in total. The number of hydrogen-bond acceptors (Lipinski definition) is 9. The van der Waals surface area contributed by atoms with Gasteiger partial charge in [-0.2, -0.15) is 5.26 Å². The predicted molar refractivity (Wildman–Crippen MR) is 160 cm³/mol. The summed E-state index contributed by atoms with van der Waals surface area (Å²) < 4.78 is 10.9. The summed E-state index contributed by atoms with van der Waals surface area (Å²) in [4.78, 5) is 29.9. The molecule has 4 heterocycles. The first-order valence-corrected chi connectivity index (χ1v) is 14.0. The van der Waals surface area contributed by atoms with E-state index in [0.717, 1.165) is 43.2 Å². The minimum Gasteiger partial charge on any atom is -0.496 e. The SMILES string of the molecule is COc1ccc(C#N)cc1-c1cc(Cl)ncc1C(=O)Nc1nc2ccc(-c3ccc(N4CCOCC4)cc3)nc2s1. The van der Waals surface area contributed by atoms with Crippen LogP contribution >= 0.6 is 22.9 Å². The van der Waals surface area contributed by atoms with Crippen molar-refractivity contribution in [3.8, 4) is 34.2 Å². The van der Waals surface area contributed by atoms with E-state index < -0.39 is 5.91 Å². The summed E-state index contributed by atoms with van der Waals surface area (Å²) in [6.45, 7) is 3.24. The van der Waals surface area contributed by atoms with Gasteiger partial charge >= 0.3 is 0 Å². The number of hydrogen-bond donors (Lipinski definition) is 1. The fourth-order valence-corrected chi connectivity index (χ4v) is 5.67. The smallest absolute Gasteiger partial charge is 0.259 e. The Hall–Kier alpha value is -4.56. The van der Waals surface area contributed by atoms with Gasteiger partial charge in [-0.15, -0.1) is 0 Å². The lowest BCUT2D eigenvalue weighted by Crippen LogP contribution is -2.36. The van der Waals surface area contributed by atoms with E-state index in [9.17, 15) is 10.1 Å². The quantitative estimate of drug-likeness (QED) is 0.241. The third-order valence-corrected chi connectivity index (χ3v) is 7.84. The van der Waals surface area contributed by atoms with E-state index in [1.165, 1.54) is 24.6 Å². The molecule has 1 amide bonds. The van der Waals surface area contributed by atoms with Gasteiger partial charge in [-0.05, 0) is 48.5 Å². The highest BCUT2D eigenvalue weighted by atomic mass is 35.5. The van der Waals surface area contributed by atoms with E-state index in [1.54, 1.807) is 24.3 Å². The van der Waals surface area contributed by atoms with E-state index in [0.29, 0.717) is 37.9 Å². The molecule has 5 aromatic rings. The highest BCUT2D eigenvalue weighted by molar-refractivity contribution is 7.22. The Balaban J connectivity index is 1.26. The second-order valence-corrected chi connectivity index (χ2v) is 10.6. The number of amides is 1. The fraction of sp³-hybridized carbons (Fsp3) is 0.167. The molecule has 0 saturated carbocycles. The molecule has 0 aliphatic carbocycles. The molecule has 1 aliphatic heterocycles. The largest absolute Gasteiger partial charge is 0.496 e. The molecule has 1 N–H and O–H groups in total. The fourth-order valence-electron chi connectivity index (χ4n) is 4.68. The van der Waals surface area contributed by atoms with Crippen molar-refractivity contribution < 1.29 is 14.3 Å². The van der Waals surface area contributed by atoms with Crippen LogP contribution in [0.4, 0.5) is 10.8 Å². The molecule has 1 aliphatic rings. The molecule has 0 unspecified atom stereocenters. The molecule has 2 aromatic carbocycles. The Morgan fingerprint density at radius 3 is 2.63 bits per heavy atom. The van der Waals surface area contributed by atoms with Crippen LogP contribution < -0.4 is 15.0 Å². The van der Waals surface area contributed by atoms with Crippen molar-refractivity contribution in [2.45, 2.75) is 0 Å². The van der Waals surface area contributed by atoms with Crippen LogP contribution in [0.15, 0.2) is 66.9 Å². The van der Waals surface area contributed by atoms with Crippen molar-refractivity contribution in [3.63, 3.8) is 0 Å². The van der Waals surface area contributed by atoms with Gasteiger partial charge in [0, 0.05) is 41.7 Å². The van der Waals surface area contributed by atoms with E-state index in [1.807, 2.05) is 12.1 Å². The summed E-state index contributed by atoms with van der Waals surface area (Å²) in [5.74, 6) is 0.0709. The lowest BCUT2D eigenvalue weighted by Gasteiger charge is -2.28. The van der Waals surface area contributed by atoms with Gasteiger partial charge in [-0.1, -0.05) is 35.1 Å². The van der Waals surface area contributed by atoms with E-state index in [2.05, 4.69) is 50.5 Å². The van der Waals surface area contributed by atoms with Crippen LogP contribution in [0.3, 0.4) is 0 Å². The first-order valence-electron chi connectivity index (χ1n) is 12.8. The third kappa shape index (κ3) is 5.56. The van der Waals surface area contributed by atoms with Gasteiger partial charge in [0.25, 0.3) is 5.91 Å². The van der Waals surface area contributed by atoms with Crippen LogP contribution in [0.25, 0.3) is 32.7 Å². The molecule has 11 heteroatoms. The first kappa shape index (κ1) is 26.7. The molecular weight excluding hydrogens is 560 g/mol. The predicted octanol–water partition coefficient (Wildman–Crippen LogP) is 6.04. The van der Waals surface area contributed by atoms with Crippen molar-refractivity contribution in [1.29, 1.82) is 5.26 Å². The maximum Gasteiger partial charge on any atom is 0.259 e. The number of morpholine rings is 1. The molecule has 1 saturated heterocycles. The maximum absolute atomic E-state index is 13.4. The van der Waals surface area contributed by atoms with E-state index >= 15 is 0 Å². The average Bonchev–Trinajstić information content (AvgIpc) is 3.42. The summed E-state index contributed by atoms with van der Waals surface area (Å²) in [5, 5.41) is 12.9. The van der Waals surface area contributed by atoms with E-state index in [-0.39, 0.29) is 10.7 Å². The van der Waals surface area contributed by atoms with Crippen LogP contribution in [0.2, 0.25) is 5.15 Å². The van der Waals surface area contributed by atoms with Gasteiger partial charge < -0.3 is 14.4 Å². The molecule has 0 atom stereocenters. The minimum absolute atomic E-state index is 0.204. The zero-order valence-electron chi connectivity index (χ0n) is 21.9. The summed E-state index contributed by atoms with van der Waals surface area (Å²) >= 11 is 7.48. The Morgan fingerprint density at radius 2 is 1.88 bits per heavy atom. The number of anilines is 2. The van der Waals surface area contributed by atoms with Crippen molar-refractivity contribution in [2.24, 2.45) is 0 Å². The molecule has 0 spiro atoms. The number of aromatic nitrogens is 3. The minimum atomic E-state index is -0.424. The number of ether oxygens (including phenoxy) is 2. The number of fused-ring (bicyclic) bond motifs is 1. The second-order valence-electron chi connectivity index (χ2n) is 9.22. The lowest BCUT2D eigenvalue weighted by molar-refractivity contribution is 0.102. The van der Waals surface area contributed by atoms with Crippen LogP contribution in [-0.2, 0) is 4.74 Å². The number of nitriles is 1. The van der Waals surface area contributed by atoms with Crippen molar-refractivity contribution in [1.82, 2.24) is 15.0 Å². The van der Waals surface area contributed by atoms with Crippen LogP contribution in [-0.4, -0.2) is 54.3 Å². The third-order valence-electron chi connectivity index (χ3n) is 6.75. The number of carbonyl (C=O) groups is 1. The zero-order chi connectivity index (χ0) is 28.3. The summed E-state index contributed by atoms with van der Waals surface area (Å²) in [7, 11) is 1.52. The van der Waals surface area contributed by atoms with Crippen LogP contribution in [0, 0.1) is 11.3 Å². The summed E-state index contributed by atoms with van der Waals surface area (Å²) in [6, 6.07) is 20.8. The molecular formula is C30H23ClN6O3S. The number of halogens is 1. The topological polar surface area (TPSA) is 113 Å². The Labute approximate surface area is 245 Å². The molecule has 3 aromatic heterocycles. The highest BCUT2D eigenvalue weighted by Crippen LogP contribution is 2.35. The molecule has 0 bridgehead atoms. The number of benzene rings is 2. The van der Waals surface area contributed by atoms with Gasteiger partial charge in [0.15, 0.2) is 5.13 Å². The van der Waals surface area contributed by atoms with Crippen molar-refractivity contribution in [2.75, 3.05) is 43.6 Å². The average molecular weight is 583 g/mol. The lowest BCUT2D eigenvalue weighted by atomic mass is 9.98. The second kappa shape index (κ2) is 11.5. The Kier molecular flexibility index (Phi) is 7.48. The molecule has 1 fully saturated rings. The van der Waals surface area contributed by atoms with Crippen LogP contribution in [0.5, 0.6) is 5.75 Å². The monoisotopic (exact) mass is 582 g/mol. The van der Waals surface area contributed by atoms with Gasteiger partial charge in [-0.25, -0.2) is 15.0 Å². The summed E-state index contributed by atoms with van der Waals surface area (Å²) in [6.07, 6.45) is 1.40. The van der Waals surface area contributed by atoms with Gasteiger partial charge in [0.05, 0.1) is 43.2 Å². The number of nitrogens with zero attached hydrogens (tertiary/aromatic N) is 5. The molecule has 41 heavy (non-hydrogen) atoms. The maximum atomic E-state index is 13.4. The van der Waals surface area contributed by atoms with Crippen LogP contribution in [0.1, 0.15) is 15.9 Å². The molecule has 0 radical (unpaired) electrons. The summed E-state index contributed by atoms with van der Waals surface area (Å²) in [5.41, 5.74) is 5.37. The van der Waals surface area contributed by atoms with Crippen molar-refractivity contribution in [3.05, 3.63) is 83.1 Å². The zero-order valence-corrected chi connectivity index (χ0v) is 23.5. The Morgan fingerprint density at radius 1 is 1.07 bits per heavy atom. The number of methoxy groups -OCH3 is 1. The van der Waals surface area contributed by atoms with Crippen molar-refractivity contribution >= 4 is 50.0 Å². The highest BCUT2D eigenvalue weighted by Gasteiger charge is 2.20. The molecule has 6 rings (SSSR count). The number of carbonyl (C=O) groups excluding carboxylic acids is 1. The standard InChI is InChI=1S/C30H23ClN6O3S/c1-39-26-9-2-18(16-32)14-22(26)21-15-27(31)33-17-23(21)28(38)36-30-35-25-8-7-24(34-29(25)41-30)19-3-5-20(6-4-19)37-10-12-40-13-11-37/h2-9,14-15,17H,10-13H2,1H3,(H,35,36,38). The number of pyridine rings is 2. The number of rotatable bonds is 6. The van der Waals surface area contributed by atoms with Gasteiger partial charge in [0.2, 0.25) is 0 Å². The first-order chi connectivity index (χ1) is 20.0. The van der Waals surface area contributed by atoms with Gasteiger partial charge in [-0.3, -0.25) is 10.1 Å². The molecule has 204 valence electrons. The Bertz CT molecular complexity index is 1800. The van der Waals surface area contributed by atoms with Gasteiger partial charge in [0.1, 0.15) is 21.2 Å². The number of nitrogens with one attached hydrogen (secondary N) is 1. The van der Waals surface area contributed by atoms with E-state index in [4.69, 9.17) is 26.1 Å². The normalized spacial score (nSPS) is 13.1.